The Morgan fingerprint density at radius 3 is 2.73 bits per heavy atom. The van der Waals surface area contributed by atoms with Crippen LogP contribution in [0.5, 0.6) is 5.75 Å². The van der Waals surface area contributed by atoms with Gasteiger partial charge >= 0.3 is 0 Å². The Hall–Kier alpha value is -3.23. The number of halogens is 1. The lowest BCUT2D eigenvalue weighted by Gasteiger charge is -2.05. The van der Waals surface area contributed by atoms with Gasteiger partial charge in [0.05, 0.1) is 12.1 Å². The van der Waals surface area contributed by atoms with Crippen molar-refractivity contribution in [3.63, 3.8) is 0 Å². The summed E-state index contributed by atoms with van der Waals surface area (Å²) in [7, 11) is 1.63. The number of nitrogens with zero attached hydrogens (tertiary/aromatic N) is 3. The Balaban J connectivity index is 1.55. The highest BCUT2D eigenvalue weighted by Crippen LogP contribution is 2.32. The molecular weight excluding hydrogens is 424 g/mol. The average Bonchev–Trinajstić information content (AvgIpc) is 3.35. The maximum absolute atomic E-state index is 12.9. The van der Waals surface area contributed by atoms with Crippen LogP contribution < -0.4 is 10.1 Å². The van der Waals surface area contributed by atoms with Crippen molar-refractivity contribution in [2.24, 2.45) is 0 Å². The molecule has 0 unspecified atom stereocenters. The van der Waals surface area contributed by atoms with Crippen LogP contribution in [0.3, 0.4) is 0 Å². The zero-order valence-electron chi connectivity index (χ0n) is 16.2. The van der Waals surface area contributed by atoms with Crippen LogP contribution in [-0.2, 0) is 6.42 Å². The van der Waals surface area contributed by atoms with Gasteiger partial charge in [0.2, 0.25) is 5.13 Å². The van der Waals surface area contributed by atoms with Crippen molar-refractivity contribution in [3.8, 4) is 17.0 Å². The number of anilines is 1. The first-order valence-electron chi connectivity index (χ1n) is 9.03. The first-order valence-corrected chi connectivity index (χ1v) is 10.2. The smallest absolute Gasteiger partial charge is 0.263 e. The summed E-state index contributed by atoms with van der Waals surface area (Å²) in [6.07, 6.45) is 0.550. The number of aromatic nitrogens is 3. The molecule has 0 fully saturated rings. The van der Waals surface area contributed by atoms with Crippen molar-refractivity contribution in [3.05, 3.63) is 75.4 Å². The number of carbonyl (C=O) groups is 1. The van der Waals surface area contributed by atoms with Crippen LogP contribution in [0.25, 0.3) is 11.3 Å². The minimum Gasteiger partial charge on any atom is -0.496 e. The molecular formula is C21H17ClN4O3S. The van der Waals surface area contributed by atoms with E-state index in [4.69, 9.17) is 20.9 Å². The van der Waals surface area contributed by atoms with E-state index >= 15 is 0 Å². The largest absolute Gasteiger partial charge is 0.496 e. The van der Waals surface area contributed by atoms with Crippen molar-refractivity contribution in [2.75, 3.05) is 12.4 Å². The van der Waals surface area contributed by atoms with Gasteiger partial charge in [-0.1, -0.05) is 64.5 Å². The fraction of sp³-hybridized carbons (Fsp3) is 0.143. The third-order valence-corrected chi connectivity index (χ3v) is 5.61. The summed E-state index contributed by atoms with van der Waals surface area (Å²) in [5.41, 5.74) is 2.30. The van der Waals surface area contributed by atoms with Crippen molar-refractivity contribution >= 4 is 34.0 Å². The number of nitrogens with one attached hydrogen (secondary N) is 1. The highest BCUT2D eigenvalue weighted by Gasteiger charge is 2.24. The zero-order chi connectivity index (χ0) is 21.1. The van der Waals surface area contributed by atoms with Crippen molar-refractivity contribution in [2.45, 2.75) is 13.3 Å². The Kier molecular flexibility index (Phi) is 5.78. The molecule has 1 amide bonds. The van der Waals surface area contributed by atoms with Crippen LogP contribution in [0.2, 0.25) is 5.02 Å². The van der Waals surface area contributed by atoms with Gasteiger partial charge in [-0.05, 0) is 19.1 Å². The van der Waals surface area contributed by atoms with Crippen molar-refractivity contribution < 1.29 is 14.1 Å². The van der Waals surface area contributed by atoms with Crippen LogP contribution in [0, 0.1) is 6.92 Å². The lowest BCUT2D eigenvalue weighted by molar-refractivity contribution is 0.102. The molecule has 0 aliphatic carbocycles. The third-order valence-electron chi connectivity index (χ3n) is 4.44. The van der Waals surface area contributed by atoms with Gasteiger partial charge in [0.1, 0.15) is 27.8 Å². The van der Waals surface area contributed by atoms with Crippen LogP contribution in [0.1, 0.15) is 26.7 Å². The number of ether oxygens (including phenoxy) is 1. The van der Waals surface area contributed by atoms with Gasteiger partial charge in [-0.3, -0.25) is 10.1 Å². The molecule has 0 bridgehead atoms. The van der Waals surface area contributed by atoms with Gasteiger partial charge in [0, 0.05) is 17.5 Å². The number of benzene rings is 2. The van der Waals surface area contributed by atoms with Gasteiger partial charge < -0.3 is 9.26 Å². The third kappa shape index (κ3) is 4.05. The molecule has 4 rings (SSSR count). The number of methoxy groups -OCH3 is 1. The molecule has 0 spiro atoms. The summed E-state index contributed by atoms with van der Waals surface area (Å²) in [6, 6.07) is 14.9. The Bertz CT molecular complexity index is 1200. The molecule has 0 aliphatic heterocycles. The van der Waals surface area contributed by atoms with Crippen molar-refractivity contribution in [1.29, 1.82) is 0 Å². The average molecular weight is 441 g/mol. The zero-order valence-corrected chi connectivity index (χ0v) is 17.8. The molecule has 2 aromatic heterocycles. The second-order valence-electron chi connectivity index (χ2n) is 6.39. The molecule has 7 nitrogen and oxygen atoms in total. The molecule has 0 radical (unpaired) electrons. The van der Waals surface area contributed by atoms with Gasteiger partial charge in [0.15, 0.2) is 0 Å². The highest BCUT2D eigenvalue weighted by atomic mass is 35.5. The molecule has 2 aromatic carbocycles. The quantitative estimate of drug-likeness (QED) is 0.453. The Morgan fingerprint density at radius 1 is 1.17 bits per heavy atom. The van der Waals surface area contributed by atoms with E-state index in [9.17, 15) is 4.79 Å². The molecule has 30 heavy (non-hydrogen) atoms. The summed E-state index contributed by atoms with van der Waals surface area (Å²) < 4.78 is 10.6. The topological polar surface area (TPSA) is 90.1 Å². The summed E-state index contributed by atoms with van der Waals surface area (Å²) in [6.45, 7) is 1.68. The number of hydrogen-bond donors (Lipinski definition) is 1. The number of carbonyl (C=O) groups excluding carboxylic acids is 1. The molecule has 152 valence electrons. The van der Waals surface area contributed by atoms with Gasteiger partial charge in [-0.2, -0.15) is 0 Å². The van der Waals surface area contributed by atoms with Gasteiger partial charge in [-0.15, -0.1) is 10.2 Å². The monoisotopic (exact) mass is 440 g/mol. The second-order valence-corrected chi connectivity index (χ2v) is 7.86. The molecule has 0 saturated carbocycles. The maximum Gasteiger partial charge on any atom is 0.263 e. The number of amides is 1. The second kappa shape index (κ2) is 8.64. The van der Waals surface area contributed by atoms with Crippen LogP contribution in [0.15, 0.2) is 53.1 Å². The summed E-state index contributed by atoms with van der Waals surface area (Å²) in [4.78, 5) is 12.9. The van der Waals surface area contributed by atoms with Gasteiger partial charge in [0.25, 0.3) is 5.91 Å². The highest BCUT2D eigenvalue weighted by molar-refractivity contribution is 7.15. The fourth-order valence-electron chi connectivity index (χ4n) is 3.02. The van der Waals surface area contributed by atoms with Crippen molar-refractivity contribution in [1.82, 2.24) is 15.4 Å². The van der Waals surface area contributed by atoms with E-state index in [0.717, 1.165) is 16.3 Å². The van der Waals surface area contributed by atoms with E-state index in [0.29, 0.717) is 39.2 Å². The molecule has 2 heterocycles. The van der Waals surface area contributed by atoms with E-state index in [1.165, 1.54) is 11.3 Å². The first kappa shape index (κ1) is 20.1. The van der Waals surface area contributed by atoms with E-state index in [-0.39, 0.29) is 5.91 Å². The molecule has 9 heteroatoms. The lowest BCUT2D eigenvalue weighted by atomic mass is 10.1. The Labute approximate surface area is 181 Å². The molecule has 0 saturated heterocycles. The molecule has 1 N–H and O–H groups in total. The minimum absolute atomic E-state index is 0.310. The standard InChI is InChI=1S/C21H17ClN4O3S/c1-12-18(19(26-29-12)14-8-4-5-9-15(14)22)20(27)23-21-25-24-17(30-21)11-13-7-3-6-10-16(13)28-2/h3-10H,11H2,1-2H3,(H,23,25,27). The summed E-state index contributed by atoms with van der Waals surface area (Å²) >= 11 is 7.56. The van der Waals surface area contributed by atoms with Crippen LogP contribution >= 0.6 is 22.9 Å². The first-order chi connectivity index (χ1) is 14.6. The fourth-order valence-corrected chi connectivity index (χ4v) is 4.01. The predicted octanol–water partition coefficient (Wildman–Crippen LogP) is 5.01. The van der Waals surface area contributed by atoms with E-state index in [2.05, 4.69) is 20.7 Å². The minimum atomic E-state index is -0.385. The lowest BCUT2D eigenvalue weighted by Crippen LogP contribution is -2.13. The molecule has 0 aliphatic rings. The SMILES string of the molecule is COc1ccccc1Cc1nnc(NC(=O)c2c(-c3ccccc3Cl)noc2C)s1. The Morgan fingerprint density at radius 2 is 1.93 bits per heavy atom. The van der Waals surface area contributed by atoms with E-state index < -0.39 is 0 Å². The summed E-state index contributed by atoms with van der Waals surface area (Å²) in [5, 5.41) is 16.7. The molecule has 4 aromatic rings. The maximum atomic E-state index is 12.9. The summed E-state index contributed by atoms with van der Waals surface area (Å²) in [5.74, 6) is 0.785. The van der Waals surface area contributed by atoms with Crippen LogP contribution in [0.4, 0.5) is 5.13 Å². The normalized spacial score (nSPS) is 10.8. The molecule has 0 atom stereocenters. The van der Waals surface area contributed by atoms with Crippen LogP contribution in [-0.4, -0.2) is 28.4 Å². The van der Waals surface area contributed by atoms with E-state index in [1.807, 2.05) is 36.4 Å². The number of hydrogen-bond acceptors (Lipinski definition) is 7. The number of aryl methyl sites for hydroxylation is 1. The van der Waals surface area contributed by atoms with Gasteiger partial charge in [-0.25, -0.2) is 0 Å². The number of para-hydroxylation sites is 1. The predicted molar refractivity (Wildman–Crippen MR) is 115 cm³/mol. The number of rotatable bonds is 6. The van der Waals surface area contributed by atoms with E-state index in [1.54, 1.807) is 26.2 Å².